The van der Waals surface area contributed by atoms with Gasteiger partial charge < -0.3 is 4.42 Å². The minimum absolute atomic E-state index is 0.234. The quantitative estimate of drug-likeness (QED) is 0.648. The fraction of sp³-hybridized carbons (Fsp3) is 0.353. The molecule has 114 valence electrons. The van der Waals surface area contributed by atoms with Crippen LogP contribution in [0.2, 0.25) is 0 Å². The average Bonchev–Trinajstić information content (AvgIpc) is 3.06. The van der Waals surface area contributed by atoms with E-state index in [9.17, 15) is 4.79 Å². The van der Waals surface area contributed by atoms with Crippen molar-refractivity contribution >= 4 is 22.7 Å². The maximum absolute atomic E-state index is 12.3. The van der Waals surface area contributed by atoms with Gasteiger partial charge in [0.15, 0.2) is 5.76 Å². The van der Waals surface area contributed by atoms with Crippen LogP contribution in [0.5, 0.6) is 0 Å². The third-order valence-corrected chi connectivity index (χ3v) is 6.42. The monoisotopic (exact) mass is 331 g/mol. The first kappa shape index (κ1) is 14.0. The van der Waals surface area contributed by atoms with Gasteiger partial charge in [0.1, 0.15) is 0 Å². The number of aromatic nitrogens is 1. The summed E-state index contributed by atoms with van der Waals surface area (Å²) in [5.41, 5.74) is 4.64. The molecule has 1 aliphatic heterocycles. The first-order valence-electron chi connectivity index (χ1n) is 7.37. The van der Waals surface area contributed by atoms with E-state index in [1.54, 1.807) is 11.3 Å². The molecule has 0 amide bonds. The van der Waals surface area contributed by atoms with E-state index in [0.29, 0.717) is 6.54 Å². The van der Waals surface area contributed by atoms with Crippen LogP contribution in [0.3, 0.4) is 0 Å². The number of rotatable bonds is 1. The lowest BCUT2D eigenvalue weighted by Gasteiger charge is -2.16. The lowest BCUT2D eigenvalue weighted by Crippen LogP contribution is -2.20. The van der Waals surface area contributed by atoms with Gasteiger partial charge in [-0.05, 0) is 45.7 Å². The normalized spacial score (nSPS) is 13.3. The molecular weight excluding hydrogens is 314 g/mol. The molecule has 0 atom stereocenters. The highest BCUT2D eigenvalue weighted by Gasteiger charge is 2.30. The van der Waals surface area contributed by atoms with E-state index >= 15 is 0 Å². The first-order chi connectivity index (χ1) is 10.5. The van der Waals surface area contributed by atoms with Crippen molar-refractivity contribution in [3.63, 3.8) is 0 Å². The number of hydrogen-bond donors (Lipinski definition) is 0. The first-order valence-corrected chi connectivity index (χ1v) is 9.01. The Hall–Kier alpha value is -1.59. The minimum atomic E-state index is -0.234. The topological polar surface area (TPSA) is 35.1 Å². The van der Waals surface area contributed by atoms with Crippen LogP contribution < -0.4 is 5.76 Å². The zero-order chi connectivity index (χ0) is 15.6. The molecule has 0 aromatic carbocycles. The van der Waals surface area contributed by atoms with E-state index in [1.807, 2.05) is 15.9 Å². The molecule has 4 heterocycles. The van der Waals surface area contributed by atoms with Crippen LogP contribution >= 0.6 is 22.7 Å². The van der Waals surface area contributed by atoms with Gasteiger partial charge in [-0.2, -0.15) is 0 Å². The van der Waals surface area contributed by atoms with E-state index < -0.39 is 0 Å². The van der Waals surface area contributed by atoms with Crippen molar-refractivity contribution in [3.8, 4) is 22.6 Å². The number of fused-ring (bicyclic) bond motifs is 3. The van der Waals surface area contributed by atoms with Crippen LogP contribution in [-0.4, -0.2) is 4.57 Å². The largest absolute Gasteiger partial charge is 0.420 e. The Morgan fingerprint density at radius 1 is 1.09 bits per heavy atom. The van der Waals surface area contributed by atoms with Gasteiger partial charge in [-0.25, -0.2) is 4.79 Å². The molecule has 4 rings (SSSR count). The standard InChI is InChI=1S/C17H17NO2S2/c1-8-7-13(10(3)21-8)16-15-14-11(4)22-9(2)12(14)5-6-18(15)17(19)20-16/h7H,5-6H2,1-4H3. The van der Waals surface area contributed by atoms with Crippen LogP contribution in [0.4, 0.5) is 0 Å². The SMILES string of the molecule is Cc1cc(-c2oc(=O)n3c2-c2c(C)sc(C)c2CC3)c(C)s1. The summed E-state index contributed by atoms with van der Waals surface area (Å²) >= 11 is 3.56. The molecule has 5 heteroatoms. The average molecular weight is 331 g/mol. The third-order valence-electron chi connectivity index (χ3n) is 4.39. The van der Waals surface area contributed by atoms with Crippen molar-refractivity contribution in [1.82, 2.24) is 4.57 Å². The minimum Gasteiger partial charge on any atom is -0.407 e. The second kappa shape index (κ2) is 4.70. The van der Waals surface area contributed by atoms with Crippen LogP contribution in [-0.2, 0) is 13.0 Å². The van der Waals surface area contributed by atoms with Gasteiger partial charge in [0.25, 0.3) is 0 Å². The van der Waals surface area contributed by atoms with Crippen molar-refractivity contribution in [2.45, 2.75) is 40.7 Å². The molecule has 3 nitrogen and oxygen atoms in total. The van der Waals surface area contributed by atoms with Gasteiger partial charge in [0.05, 0.1) is 5.69 Å². The van der Waals surface area contributed by atoms with Crippen LogP contribution in [0, 0.1) is 27.7 Å². The van der Waals surface area contributed by atoms with Crippen molar-refractivity contribution in [2.75, 3.05) is 0 Å². The van der Waals surface area contributed by atoms with Crippen molar-refractivity contribution in [3.05, 3.63) is 41.7 Å². The third kappa shape index (κ3) is 1.82. The van der Waals surface area contributed by atoms with Crippen LogP contribution in [0.1, 0.15) is 25.1 Å². The molecule has 0 unspecified atom stereocenters. The van der Waals surface area contributed by atoms with Gasteiger partial charge in [0, 0.05) is 37.2 Å². The zero-order valence-corrected chi connectivity index (χ0v) is 14.7. The van der Waals surface area contributed by atoms with Gasteiger partial charge >= 0.3 is 5.76 Å². The molecule has 0 saturated heterocycles. The Morgan fingerprint density at radius 3 is 2.55 bits per heavy atom. The maximum Gasteiger partial charge on any atom is 0.420 e. The Labute approximate surface area is 136 Å². The second-order valence-corrected chi connectivity index (χ2v) is 8.73. The van der Waals surface area contributed by atoms with Gasteiger partial charge in [-0.3, -0.25) is 4.57 Å². The predicted octanol–water partition coefficient (Wildman–Crippen LogP) is 4.69. The summed E-state index contributed by atoms with van der Waals surface area (Å²) in [6.45, 7) is 9.20. The Morgan fingerprint density at radius 2 is 1.86 bits per heavy atom. The van der Waals surface area contributed by atoms with E-state index in [4.69, 9.17) is 4.42 Å². The van der Waals surface area contributed by atoms with Gasteiger partial charge in [-0.1, -0.05) is 0 Å². The molecule has 0 bridgehead atoms. The van der Waals surface area contributed by atoms with E-state index in [-0.39, 0.29) is 5.76 Å². The Bertz CT molecular complexity index is 952. The number of nitrogens with zero attached hydrogens (tertiary/aromatic N) is 1. The maximum atomic E-state index is 12.3. The number of oxazole rings is 1. The molecule has 0 N–H and O–H groups in total. The predicted molar refractivity (Wildman–Crippen MR) is 92.2 cm³/mol. The number of aryl methyl sites for hydroxylation is 4. The Balaban J connectivity index is 2.08. The highest BCUT2D eigenvalue weighted by molar-refractivity contribution is 7.12. The molecule has 0 spiro atoms. The van der Waals surface area contributed by atoms with Crippen molar-refractivity contribution in [1.29, 1.82) is 0 Å². The van der Waals surface area contributed by atoms with Gasteiger partial charge in [-0.15, -0.1) is 22.7 Å². The summed E-state index contributed by atoms with van der Waals surface area (Å²) in [6, 6.07) is 2.13. The van der Waals surface area contributed by atoms with Crippen LogP contribution in [0.15, 0.2) is 15.3 Å². The van der Waals surface area contributed by atoms with Crippen molar-refractivity contribution in [2.24, 2.45) is 0 Å². The summed E-state index contributed by atoms with van der Waals surface area (Å²) in [6.07, 6.45) is 0.916. The molecule has 0 radical (unpaired) electrons. The fourth-order valence-electron chi connectivity index (χ4n) is 3.46. The lowest BCUT2D eigenvalue weighted by atomic mass is 9.96. The fourth-order valence-corrected chi connectivity index (χ4v) is 5.49. The molecule has 3 aromatic heterocycles. The summed E-state index contributed by atoms with van der Waals surface area (Å²) in [7, 11) is 0. The molecular formula is C17H17NO2S2. The summed E-state index contributed by atoms with van der Waals surface area (Å²) in [5.74, 6) is 0.510. The molecule has 3 aromatic rings. The van der Waals surface area contributed by atoms with Gasteiger partial charge in [0.2, 0.25) is 0 Å². The number of hydrogen-bond acceptors (Lipinski definition) is 4. The molecule has 1 aliphatic rings. The van der Waals surface area contributed by atoms with E-state index in [2.05, 4.69) is 33.8 Å². The summed E-state index contributed by atoms with van der Waals surface area (Å²) in [5, 5.41) is 0. The van der Waals surface area contributed by atoms with E-state index in [1.165, 1.54) is 30.6 Å². The molecule has 22 heavy (non-hydrogen) atoms. The molecule has 0 saturated carbocycles. The van der Waals surface area contributed by atoms with E-state index in [0.717, 1.165) is 23.4 Å². The molecule has 0 aliphatic carbocycles. The Kier molecular flexibility index (Phi) is 3.00. The highest BCUT2D eigenvalue weighted by Crippen LogP contribution is 2.44. The molecule has 0 fully saturated rings. The second-order valence-electron chi connectivity index (χ2n) is 5.84. The highest BCUT2D eigenvalue weighted by atomic mass is 32.1. The summed E-state index contributed by atoms with van der Waals surface area (Å²) < 4.78 is 7.50. The smallest absolute Gasteiger partial charge is 0.407 e. The summed E-state index contributed by atoms with van der Waals surface area (Å²) in [4.78, 5) is 17.4. The number of thiophene rings is 2. The zero-order valence-electron chi connectivity index (χ0n) is 13.1. The lowest BCUT2D eigenvalue weighted by molar-refractivity contribution is 0.485. The van der Waals surface area contributed by atoms with Crippen molar-refractivity contribution < 1.29 is 4.42 Å². The van der Waals surface area contributed by atoms with Crippen LogP contribution in [0.25, 0.3) is 22.6 Å².